The van der Waals surface area contributed by atoms with E-state index in [0.717, 1.165) is 7.11 Å². The zero-order chi connectivity index (χ0) is 14.7. The van der Waals surface area contributed by atoms with E-state index >= 15 is 0 Å². The van der Waals surface area contributed by atoms with Crippen molar-refractivity contribution in [1.82, 2.24) is 0 Å². The van der Waals surface area contributed by atoms with Gasteiger partial charge in [-0.15, -0.1) is 0 Å². The van der Waals surface area contributed by atoms with Crippen LogP contribution in [0.3, 0.4) is 0 Å². The molecule has 0 unspecified atom stereocenters. The Balaban J connectivity index is 2.89. The molecule has 20 heavy (non-hydrogen) atoms. The quantitative estimate of drug-likeness (QED) is 0.194. The second-order valence-electron chi connectivity index (χ2n) is 1.33. The second kappa shape index (κ2) is 18.2. The van der Waals surface area contributed by atoms with Crippen molar-refractivity contribution in [3.05, 3.63) is 0 Å². The Bertz CT molecular complexity index is 138. The van der Waals surface area contributed by atoms with Crippen LogP contribution < -0.4 is 0 Å². The Kier molecular flexibility index (Phi) is 17.5. The predicted octanol–water partition coefficient (Wildman–Crippen LogP) is -1.06. The summed E-state index contributed by atoms with van der Waals surface area (Å²) in [6.45, 7) is 0. The number of hydrogen-bond donors (Lipinski definition) is 1. The average molecular weight is 320 g/mol. The first kappa shape index (κ1) is 19.2. The molecule has 19 heteroatoms. The largest absolute Gasteiger partial charge is 0.219 e. The Morgan fingerprint density at radius 2 is 0.650 bits per heavy atom. The molecule has 0 saturated carbocycles. The molecule has 0 spiro atoms. The topological polar surface area (TPSA) is 186 Å². The highest BCUT2D eigenvalue weighted by Gasteiger charge is 1.99. The molecule has 19 nitrogen and oxygen atoms in total. The van der Waals surface area contributed by atoms with Crippen LogP contribution in [0.1, 0.15) is 0 Å². The molecule has 0 aromatic carbocycles. The molecule has 0 aromatic heterocycles. The van der Waals surface area contributed by atoms with Crippen molar-refractivity contribution >= 4 is 0 Å². The van der Waals surface area contributed by atoms with Gasteiger partial charge in [0.15, 0.2) is 0 Å². The van der Waals surface area contributed by atoms with E-state index in [2.05, 4.69) is 90.5 Å². The molecule has 0 fully saturated rings. The SMILES string of the molecule is COOOOOOOOOOOOOOOOOOO. The van der Waals surface area contributed by atoms with E-state index in [9.17, 15) is 0 Å². The van der Waals surface area contributed by atoms with Crippen LogP contribution in [0.25, 0.3) is 0 Å². The van der Waals surface area contributed by atoms with Gasteiger partial charge >= 0.3 is 0 Å². The van der Waals surface area contributed by atoms with Crippen molar-refractivity contribution in [2.75, 3.05) is 7.11 Å². The second-order valence-corrected chi connectivity index (χ2v) is 1.33. The van der Waals surface area contributed by atoms with Crippen molar-refractivity contribution in [2.24, 2.45) is 0 Å². The average Bonchev–Trinajstić information content (AvgIpc) is 2.47. The fraction of sp³-hybridized carbons (Fsp3) is 1.00. The summed E-state index contributed by atoms with van der Waals surface area (Å²) in [4.78, 5) is 3.87. The van der Waals surface area contributed by atoms with Crippen LogP contribution in [0.5, 0.6) is 0 Å². The molecule has 122 valence electrons. The van der Waals surface area contributed by atoms with Gasteiger partial charge < -0.3 is 0 Å². The summed E-state index contributed by atoms with van der Waals surface area (Å²) < 4.78 is 0. The summed E-state index contributed by atoms with van der Waals surface area (Å²) in [5.74, 6) is 0. The molecule has 1 N–H and O–H groups in total. The van der Waals surface area contributed by atoms with Gasteiger partial charge in [-0.1, -0.05) is 0 Å². The minimum atomic E-state index is 1.10. The van der Waals surface area contributed by atoms with Gasteiger partial charge in [0.1, 0.15) is 0 Å². The van der Waals surface area contributed by atoms with Crippen molar-refractivity contribution < 1.29 is 95.8 Å². The van der Waals surface area contributed by atoms with Crippen molar-refractivity contribution in [3.8, 4) is 0 Å². The Hall–Kier alpha value is -0.760. The minimum Gasteiger partial charge on any atom is -0.219 e. The lowest BCUT2D eigenvalue weighted by atomic mass is 11.8. The molecule has 0 radical (unpaired) electrons. The normalized spacial score (nSPS) is 11.1. The van der Waals surface area contributed by atoms with Crippen LogP contribution in [-0.4, -0.2) is 12.4 Å². The van der Waals surface area contributed by atoms with Gasteiger partial charge in [-0.05, 0) is 80.6 Å². The summed E-state index contributed by atoms with van der Waals surface area (Å²) >= 11 is 0. The van der Waals surface area contributed by atoms with Crippen molar-refractivity contribution in [2.45, 2.75) is 0 Å². The highest BCUT2D eigenvalue weighted by molar-refractivity contribution is 3.35. The lowest BCUT2D eigenvalue weighted by Crippen LogP contribution is -2.05. The van der Waals surface area contributed by atoms with Gasteiger partial charge in [-0.2, -0.15) is 0 Å². The third kappa shape index (κ3) is 17.2. The maximum absolute atomic E-state index is 7.49. The van der Waals surface area contributed by atoms with Crippen LogP contribution in [0.4, 0.5) is 0 Å². The molecule has 0 amide bonds. The summed E-state index contributed by atoms with van der Waals surface area (Å²) in [6, 6.07) is 0. The van der Waals surface area contributed by atoms with Gasteiger partial charge in [-0.3, -0.25) is 0 Å². The Morgan fingerprint density at radius 3 is 0.900 bits per heavy atom. The number of rotatable bonds is 17. The Morgan fingerprint density at radius 1 is 0.400 bits per heavy atom. The zero-order valence-corrected chi connectivity index (χ0v) is 8.80. The highest BCUT2D eigenvalue weighted by Crippen LogP contribution is 1.92. The molecule has 0 aliphatic carbocycles. The minimum absolute atomic E-state index is 1.10. The molecule has 0 aliphatic heterocycles. The first-order valence-corrected chi connectivity index (χ1v) is 3.42. The highest BCUT2D eigenvalue weighted by atomic mass is 18.0. The molecule has 0 saturated heterocycles. The van der Waals surface area contributed by atoms with E-state index < -0.39 is 0 Å². The van der Waals surface area contributed by atoms with E-state index in [4.69, 9.17) is 5.26 Å². The zero-order valence-electron chi connectivity index (χ0n) is 8.80. The van der Waals surface area contributed by atoms with E-state index in [0.29, 0.717) is 0 Å². The van der Waals surface area contributed by atoms with E-state index in [1.807, 2.05) is 0 Å². The fourth-order valence-electron chi connectivity index (χ4n) is 0.199. The molecule has 0 aromatic rings. The van der Waals surface area contributed by atoms with E-state index in [1.165, 1.54) is 0 Å². The first-order valence-electron chi connectivity index (χ1n) is 3.42. The summed E-state index contributed by atoms with van der Waals surface area (Å²) in [5, 5.41) is 66.0. The summed E-state index contributed by atoms with van der Waals surface area (Å²) in [6.07, 6.45) is 0. The maximum Gasteiger partial charge on any atom is 0.0745 e. The fourth-order valence-corrected chi connectivity index (χ4v) is 0.199. The van der Waals surface area contributed by atoms with Crippen LogP contribution in [0.2, 0.25) is 0 Å². The van der Waals surface area contributed by atoms with Crippen LogP contribution in [-0.2, 0) is 90.5 Å². The van der Waals surface area contributed by atoms with Crippen molar-refractivity contribution in [1.29, 1.82) is 0 Å². The molecule has 0 heterocycles. The van der Waals surface area contributed by atoms with Gasteiger partial charge in [0.05, 0.1) is 7.11 Å². The molecular formula is CH4O19. The van der Waals surface area contributed by atoms with Gasteiger partial charge in [-0.25, -0.2) is 10.1 Å². The van der Waals surface area contributed by atoms with Crippen LogP contribution in [0, 0.1) is 0 Å². The smallest absolute Gasteiger partial charge is 0.0745 e. The predicted molar refractivity (Wildman–Crippen MR) is 28.1 cm³/mol. The summed E-state index contributed by atoms with van der Waals surface area (Å²) in [7, 11) is 1.10. The van der Waals surface area contributed by atoms with E-state index in [-0.39, 0.29) is 0 Å². The molecule has 0 bridgehead atoms. The number of hydrogen-bond acceptors (Lipinski definition) is 19. The lowest BCUT2D eigenvalue weighted by molar-refractivity contribution is -0.891. The molecule has 0 aliphatic rings. The van der Waals surface area contributed by atoms with Crippen LogP contribution in [0.15, 0.2) is 0 Å². The third-order valence-electron chi connectivity index (χ3n) is 0.515. The van der Waals surface area contributed by atoms with Crippen molar-refractivity contribution in [3.63, 3.8) is 0 Å². The van der Waals surface area contributed by atoms with Gasteiger partial charge in [0.25, 0.3) is 0 Å². The molecular weight excluding hydrogens is 316 g/mol. The van der Waals surface area contributed by atoms with Gasteiger partial charge in [0.2, 0.25) is 0 Å². The molecule has 0 atom stereocenters. The monoisotopic (exact) mass is 320 g/mol. The Labute approximate surface area is 104 Å². The maximum atomic E-state index is 7.49. The standard InChI is InChI=1S/CH4O19/c1-3-5-7-9-11-13-15-17-19-20-18-16-14-12-10-8-6-4-2/h2H,1H3. The van der Waals surface area contributed by atoms with Crippen LogP contribution >= 0.6 is 0 Å². The summed E-state index contributed by atoms with van der Waals surface area (Å²) in [5.41, 5.74) is 0. The third-order valence-corrected chi connectivity index (χ3v) is 0.515. The lowest BCUT2D eigenvalue weighted by Gasteiger charge is -1.98. The van der Waals surface area contributed by atoms with E-state index in [1.54, 1.807) is 0 Å². The molecule has 0 rings (SSSR count). The first-order chi connectivity index (χ1) is 9.91. The van der Waals surface area contributed by atoms with Gasteiger partial charge in [0, 0.05) is 5.04 Å².